The first kappa shape index (κ1) is 14.2. The van der Waals surface area contributed by atoms with Gasteiger partial charge in [-0.15, -0.1) is 0 Å². The fourth-order valence-corrected chi connectivity index (χ4v) is 5.49. The van der Waals surface area contributed by atoms with Gasteiger partial charge in [-0.3, -0.25) is 0 Å². The molecule has 0 aliphatic heterocycles. The van der Waals surface area contributed by atoms with Crippen molar-refractivity contribution < 1.29 is 9.42 Å². The van der Waals surface area contributed by atoms with Crippen LogP contribution in [0.15, 0.2) is 60.7 Å². The van der Waals surface area contributed by atoms with Gasteiger partial charge in [0.2, 0.25) is 0 Å². The van der Waals surface area contributed by atoms with E-state index in [2.05, 4.69) is 0 Å². The zero-order chi connectivity index (χ0) is 13.8. The zero-order valence-corrected chi connectivity index (χ0v) is 12.4. The summed E-state index contributed by atoms with van der Waals surface area (Å²) in [5.41, 5.74) is 1.10. The summed E-state index contributed by atoms with van der Waals surface area (Å²) in [6.07, 6.45) is 0.546. The minimum atomic E-state index is -3.35. The van der Waals surface area contributed by atoms with Crippen LogP contribution in [0.1, 0.15) is 12.5 Å². The molecule has 2 aromatic rings. The third-order valence-electron chi connectivity index (χ3n) is 3.29. The molecule has 0 atom stereocenters. The molecule has 0 saturated heterocycles. The molecule has 2 aromatic carbocycles. The van der Waals surface area contributed by atoms with E-state index in [1.54, 1.807) is 0 Å². The Morgan fingerprint density at radius 1 is 0.947 bits per heavy atom. The molecule has 102 valence electrons. The summed E-state index contributed by atoms with van der Waals surface area (Å²) in [7, 11) is -3.35. The Kier molecular flexibility index (Phi) is 4.05. The first-order valence-electron chi connectivity index (χ1n) is 6.54. The van der Waals surface area contributed by atoms with Gasteiger partial charge in [0.15, 0.2) is 0 Å². The van der Waals surface area contributed by atoms with E-state index < -0.39 is 7.06 Å². The van der Waals surface area contributed by atoms with Crippen LogP contribution in [0.2, 0.25) is 0 Å². The third kappa shape index (κ3) is 3.22. The summed E-state index contributed by atoms with van der Waals surface area (Å²) in [6, 6.07) is 19.8. The van der Waals surface area contributed by atoms with Gasteiger partial charge in [-0.1, -0.05) is 0 Å². The maximum atomic E-state index is 11.3. The van der Waals surface area contributed by atoms with E-state index in [-0.39, 0.29) is 0 Å². The number of hydrogen-bond acceptors (Lipinski definition) is 2. The summed E-state index contributed by atoms with van der Waals surface area (Å²) in [6.45, 7) is 4.30. The molecule has 0 aromatic heterocycles. The Labute approximate surface area is 115 Å². The monoisotopic (exact) mass is 276 g/mol. The van der Waals surface area contributed by atoms with E-state index in [0.29, 0.717) is 12.8 Å². The topological polar surface area (TPSA) is 29.5 Å². The Hall–Kier alpha value is -1.21. The van der Waals surface area contributed by atoms with Crippen LogP contribution in [0.5, 0.6) is 0 Å². The minimum absolute atomic E-state index is 0.506. The average molecular weight is 276 g/mol. The molecular formula is C16H21O2P. The van der Waals surface area contributed by atoms with E-state index >= 15 is 0 Å². The van der Waals surface area contributed by atoms with Gasteiger partial charge < -0.3 is 0 Å². The molecule has 0 aliphatic rings. The summed E-state index contributed by atoms with van der Waals surface area (Å²) in [5.74, 6) is 0. The molecule has 0 saturated carbocycles. The maximum absolute atomic E-state index is 11.3. The molecule has 0 spiro atoms. The molecule has 1 N–H and O–H groups in total. The zero-order valence-electron chi connectivity index (χ0n) is 11.5. The first-order chi connectivity index (χ1) is 9.03. The van der Waals surface area contributed by atoms with Crippen molar-refractivity contribution in [2.75, 3.05) is 13.3 Å². The van der Waals surface area contributed by atoms with Gasteiger partial charge in [0.05, 0.1) is 0 Å². The van der Waals surface area contributed by atoms with E-state index in [1.165, 1.54) is 0 Å². The second kappa shape index (κ2) is 5.42. The van der Waals surface area contributed by atoms with E-state index in [9.17, 15) is 4.89 Å². The Morgan fingerprint density at radius 2 is 1.47 bits per heavy atom. The van der Waals surface area contributed by atoms with Gasteiger partial charge in [0, 0.05) is 0 Å². The van der Waals surface area contributed by atoms with Crippen molar-refractivity contribution in [3.05, 3.63) is 66.2 Å². The molecule has 0 amide bonds. The van der Waals surface area contributed by atoms with E-state index in [4.69, 9.17) is 4.52 Å². The van der Waals surface area contributed by atoms with Gasteiger partial charge in [0.1, 0.15) is 0 Å². The molecule has 19 heavy (non-hydrogen) atoms. The molecule has 2 nitrogen and oxygen atoms in total. The Morgan fingerprint density at radius 3 is 2.00 bits per heavy atom. The van der Waals surface area contributed by atoms with Crippen LogP contribution in [-0.2, 0) is 10.7 Å². The summed E-state index contributed by atoms with van der Waals surface area (Å²) in [4.78, 5) is 11.3. The fraction of sp³-hybridized carbons (Fsp3) is 0.250. The second-order valence-electron chi connectivity index (χ2n) is 5.02. The fourth-order valence-electron chi connectivity index (χ4n) is 2.38. The van der Waals surface area contributed by atoms with Gasteiger partial charge in [-0.2, -0.15) is 0 Å². The van der Waals surface area contributed by atoms with Crippen molar-refractivity contribution in [3.8, 4) is 0 Å². The van der Waals surface area contributed by atoms with Crippen LogP contribution in [0.3, 0.4) is 0 Å². The van der Waals surface area contributed by atoms with Crippen LogP contribution < -0.4 is 5.30 Å². The molecule has 0 bridgehead atoms. The van der Waals surface area contributed by atoms with Crippen molar-refractivity contribution in [1.29, 1.82) is 0 Å². The van der Waals surface area contributed by atoms with Crippen LogP contribution in [0.4, 0.5) is 0 Å². The third-order valence-corrected chi connectivity index (χ3v) is 6.96. The number of rotatable bonds is 5. The normalized spacial score (nSPS) is 13.7. The van der Waals surface area contributed by atoms with Crippen molar-refractivity contribution in [1.82, 2.24) is 0 Å². The molecule has 0 aliphatic carbocycles. The number of hydrogen-bond donors (Lipinski definition) is 1. The van der Waals surface area contributed by atoms with Crippen LogP contribution in [0, 0.1) is 0 Å². The van der Waals surface area contributed by atoms with Crippen LogP contribution >= 0.6 is 7.06 Å². The number of benzene rings is 2. The quantitative estimate of drug-likeness (QED) is 0.846. The van der Waals surface area contributed by atoms with Gasteiger partial charge in [-0.25, -0.2) is 0 Å². The van der Waals surface area contributed by atoms with Crippen molar-refractivity contribution in [3.63, 3.8) is 0 Å². The summed E-state index contributed by atoms with van der Waals surface area (Å²) >= 11 is 0. The average Bonchev–Trinajstić information content (AvgIpc) is 2.41. The van der Waals surface area contributed by atoms with Gasteiger partial charge in [0.25, 0.3) is 0 Å². The van der Waals surface area contributed by atoms with Gasteiger partial charge in [-0.05, 0) is 0 Å². The molecule has 0 heterocycles. The molecule has 0 fully saturated rings. The summed E-state index contributed by atoms with van der Waals surface area (Å²) in [5, 5.41) is 0.902. The Bertz CT molecular complexity index is 523. The molecule has 3 heteroatoms. The molecule has 2 rings (SSSR count). The molecule has 0 radical (unpaired) electrons. The van der Waals surface area contributed by atoms with Crippen molar-refractivity contribution >= 4 is 12.4 Å². The van der Waals surface area contributed by atoms with Crippen molar-refractivity contribution in [2.24, 2.45) is 0 Å². The van der Waals surface area contributed by atoms with Gasteiger partial charge >= 0.3 is 114 Å². The summed E-state index contributed by atoms with van der Waals surface area (Å²) < 4.78 is 5.89. The first-order valence-corrected chi connectivity index (χ1v) is 9.28. The predicted octanol–water partition coefficient (Wildman–Crippen LogP) is 3.55. The predicted molar refractivity (Wildman–Crippen MR) is 82.9 cm³/mol. The van der Waals surface area contributed by atoms with E-state index in [0.717, 1.165) is 10.9 Å². The SMILES string of the molecule is CCOP(C)(O)(Cc1ccccc1)c1ccccc1. The molecule has 0 unspecified atom stereocenters. The molecular weight excluding hydrogens is 255 g/mol. The standard InChI is InChI=1S/C16H21O2P/c1-3-18-19(2,17,16-12-8-5-9-13-16)14-15-10-6-4-7-11-15/h4-13,17H,3,14H2,1-2H3. The van der Waals surface area contributed by atoms with Crippen molar-refractivity contribution in [2.45, 2.75) is 13.1 Å². The van der Waals surface area contributed by atoms with E-state index in [1.807, 2.05) is 74.3 Å². The second-order valence-corrected chi connectivity index (χ2v) is 9.36. The Balaban J connectivity index is 2.42. The van der Waals surface area contributed by atoms with Crippen LogP contribution in [0.25, 0.3) is 0 Å². The van der Waals surface area contributed by atoms with Crippen LogP contribution in [-0.4, -0.2) is 18.2 Å².